The molecule has 2 aromatic carbocycles. The predicted molar refractivity (Wildman–Crippen MR) is 126 cm³/mol. The van der Waals surface area contributed by atoms with E-state index in [0.717, 1.165) is 13.0 Å². The maximum atomic E-state index is 4.28. The highest BCUT2D eigenvalue weighted by Gasteiger charge is 2.39. The van der Waals surface area contributed by atoms with Gasteiger partial charge in [0.25, 0.3) is 0 Å². The molecule has 0 fully saturated rings. The number of allylic oxidation sites excluding steroid dienone is 1. The fourth-order valence-electron chi connectivity index (χ4n) is 4.74. The van der Waals surface area contributed by atoms with Gasteiger partial charge >= 0.3 is 0 Å². The molecular formula is C27H36N2. The van der Waals surface area contributed by atoms with Gasteiger partial charge in [-0.25, -0.2) is 0 Å². The number of benzene rings is 2. The molecule has 0 spiro atoms. The van der Waals surface area contributed by atoms with Crippen molar-refractivity contribution < 1.29 is 0 Å². The van der Waals surface area contributed by atoms with Gasteiger partial charge in [0.2, 0.25) is 0 Å². The fourth-order valence-corrected chi connectivity index (χ4v) is 4.74. The minimum absolute atomic E-state index is 0.0378. The maximum Gasteiger partial charge on any atom is 0.0391 e. The fraction of sp³-hybridized carbons (Fsp3) is 0.407. The lowest BCUT2D eigenvalue weighted by molar-refractivity contribution is 0.312. The average molecular weight is 389 g/mol. The van der Waals surface area contributed by atoms with Crippen LogP contribution in [0.4, 0.5) is 0 Å². The van der Waals surface area contributed by atoms with E-state index in [2.05, 4.69) is 85.0 Å². The van der Waals surface area contributed by atoms with E-state index in [-0.39, 0.29) is 5.41 Å². The minimum Gasteiger partial charge on any atom is -0.391 e. The predicted octanol–water partition coefficient (Wildman–Crippen LogP) is 6.14. The van der Waals surface area contributed by atoms with Gasteiger partial charge in [0, 0.05) is 12.0 Å². The van der Waals surface area contributed by atoms with Crippen molar-refractivity contribution in [3.8, 4) is 11.1 Å². The smallest absolute Gasteiger partial charge is 0.0391 e. The molecule has 2 nitrogen and oxygen atoms in total. The van der Waals surface area contributed by atoms with Crippen LogP contribution in [0.25, 0.3) is 11.1 Å². The zero-order valence-corrected chi connectivity index (χ0v) is 18.0. The Morgan fingerprint density at radius 1 is 0.828 bits per heavy atom. The number of rotatable bonds is 13. The first-order valence-corrected chi connectivity index (χ1v) is 11.1. The van der Waals surface area contributed by atoms with Crippen molar-refractivity contribution in [1.29, 1.82) is 0 Å². The molecule has 0 saturated carbocycles. The third-order valence-electron chi connectivity index (χ3n) is 6.32. The van der Waals surface area contributed by atoms with Gasteiger partial charge in [0.15, 0.2) is 0 Å². The van der Waals surface area contributed by atoms with E-state index in [1.165, 1.54) is 67.4 Å². The third-order valence-corrected chi connectivity index (χ3v) is 6.32. The van der Waals surface area contributed by atoms with Crippen molar-refractivity contribution in [2.24, 2.45) is 0 Å². The molecule has 2 heteroatoms. The molecule has 29 heavy (non-hydrogen) atoms. The van der Waals surface area contributed by atoms with E-state index in [0.29, 0.717) is 0 Å². The summed E-state index contributed by atoms with van der Waals surface area (Å²) in [4.78, 5) is 2.48. The Labute approximate surface area is 177 Å². The van der Waals surface area contributed by atoms with E-state index in [4.69, 9.17) is 0 Å². The Bertz CT molecular complexity index is 762. The van der Waals surface area contributed by atoms with Crippen LogP contribution in [0.5, 0.6) is 0 Å². The zero-order valence-electron chi connectivity index (χ0n) is 18.0. The molecule has 0 unspecified atom stereocenters. The van der Waals surface area contributed by atoms with Crippen molar-refractivity contribution in [3.05, 3.63) is 85.1 Å². The first kappa shape index (κ1) is 21.4. The van der Waals surface area contributed by atoms with E-state index in [1.54, 1.807) is 6.20 Å². The first-order chi connectivity index (χ1) is 14.2. The van der Waals surface area contributed by atoms with Gasteiger partial charge < -0.3 is 10.2 Å². The molecule has 0 radical (unpaired) electrons. The Hall–Kier alpha value is -2.32. The summed E-state index contributed by atoms with van der Waals surface area (Å²) in [6.07, 6.45) is 11.3. The van der Waals surface area contributed by atoms with Gasteiger partial charge in [-0.15, -0.1) is 6.58 Å². The van der Waals surface area contributed by atoms with Crippen LogP contribution in [0.15, 0.2) is 74.0 Å². The van der Waals surface area contributed by atoms with Crippen LogP contribution in [0, 0.1) is 0 Å². The number of hydrogen-bond acceptors (Lipinski definition) is 2. The molecule has 0 heterocycles. The third kappa shape index (κ3) is 4.82. The van der Waals surface area contributed by atoms with Crippen LogP contribution < -0.4 is 5.32 Å². The van der Waals surface area contributed by atoms with E-state index in [1.807, 2.05) is 0 Å². The SMILES string of the molecule is C=CNCCCCCN(C)CCCCC1(C=C)c2ccccc2-c2ccccc21. The second-order valence-corrected chi connectivity index (χ2v) is 8.25. The van der Waals surface area contributed by atoms with Crippen molar-refractivity contribution >= 4 is 0 Å². The highest BCUT2D eigenvalue weighted by atomic mass is 15.1. The number of hydrogen-bond donors (Lipinski definition) is 1. The summed E-state index contributed by atoms with van der Waals surface area (Å²) in [6.45, 7) is 11.4. The Kier molecular flexibility index (Phi) is 7.71. The normalized spacial score (nSPS) is 13.7. The second kappa shape index (κ2) is 10.5. The molecular weight excluding hydrogens is 352 g/mol. The van der Waals surface area contributed by atoms with Gasteiger partial charge in [-0.2, -0.15) is 0 Å². The molecule has 0 bridgehead atoms. The van der Waals surface area contributed by atoms with Crippen molar-refractivity contribution in [2.75, 3.05) is 26.7 Å². The number of unbranched alkanes of at least 4 members (excludes halogenated alkanes) is 3. The van der Waals surface area contributed by atoms with Gasteiger partial charge in [-0.1, -0.05) is 74.0 Å². The molecule has 154 valence electrons. The van der Waals surface area contributed by atoms with E-state index in [9.17, 15) is 0 Å². The number of fused-ring (bicyclic) bond motifs is 3. The van der Waals surface area contributed by atoms with Crippen molar-refractivity contribution in [1.82, 2.24) is 10.2 Å². The second-order valence-electron chi connectivity index (χ2n) is 8.25. The van der Waals surface area contributed by atoms with Crippen molar-refractivity contribution in [2.45, 2.75) is 43.9 Å². The summed E-state index contributed by atoms with van der Waals surface area (Å²) in [5.74, 6) is 0. The van der Waals surface area contributed by atoms with Crippen LogP contribution in [-0.2, 0) is 5.41 Å². The summed E-state index contributed by atoms with van der Waals surface area (Å²) < 4.78 is 0. The highest BCUT2D eigenvalue weighted by molar-refractivity contribution is 5.82. The quantitative estimate of drug-likeness (QED) is 0.327. The number of nitrogens with zero attached hydrogens (tertiary/aromatic N) is 1. The lowest BCUT2D eigenvalue weighted by atomic mass is 9.74. The summed E-state index contributed by atoms with van der Waals surface area (Å²) >= 11 is 0. The van der Waals surface area contributed by atoms with Gasteiger partial charge in [0.05, 0.1) is 0 Å². The summed E-state index contributed by atoms with van der Waals surface area (Å²) in [5.41, 5.74) is 5.58. The molecule has 0 amide bonds. The molecule has 0 atom stereocenters. The zero-order chi connectivity index (χ0) is 20.5. The molecule has 2 aromatic rings. The lowest BCUT2D eigenvalue weighted by Gasteiger charge is -2.29. The molecule has 1 N–H and O–H groups in total. The van der Waals surface area contributed by atoms with Gasteiger partial charge in [0.1, 0.15) is 0 Å². The van der Waals surface area contributed by atoms with Crippen LogP contribution in [0.1, 0.15) is 49.7 Å². The Morgan fingerprint density at radius 3 is 2.00 bits per heavy atom. The van der Waals surface area contributed by atoms with Crippen LogP contribution in [0.3, 0.4) is 0 Å². The molecule has 1 aliphatic rings. The lowest BCUT2D eigenvalue weighted by Crippen LogP contribution is -2.24. The van der Waals surface area contributed by atoms with Gasteiger partial charge in [-0.05, 0) is 74.3 Å². The Morgan fingerprint density at radius 2 is 1.41 bits per heavy atom. The van der Waals surface area contributed by atoms with E-state index < -0.39 is 0 Å². The molecule has 3 rings (SSSR count). The largest absolute Gasteiger partial charge is 0.391 e. The molecule has 0 aliphatic heterocycles. The van der Waals surface area contributed by atoms with E-state index >= 15 is 0 Å². The Balaban J connectivity index is 1.52. The average Bonchev–Trinajstić information content (AvgIpc) is 3.04. The standard InChI is InChI=1S/C27H36N2/c1-4-27(19-11-14-22-29(3)21-13-6-12-20-28-5-2)25-17-9-7-15-23(25)24-16-8-10-18-26(24)27/h4-5,7-10,15-18,28H,1-2,6,11-14,19-22H2,3H3. The summed E-state index contributed by atoms with van der Waals surface area (Å²) in [5, 5.41) is 3.17. The first-order valence-electron chi connectivity index (χ1n) is 11.1. The summed E-state index contributed by atoms with van der Waals surface area (Å²) in [6, 6.07) is 17.8. The molecule has 0 aromatic heterocycles. The van der Waals surface area contributed by atoms with Crippen LogP contribution >= 0.6 is 0 Å². The maximum absolute atomic E-state index is 4.28. The monoisotopic (exact) mass is 388 g/mol. The minimum atomic E-state index is -0.0378. The van der Waals surface area contributed by atoms with Crippen molar-refractivity contribution in [3.63, 3.8) is 0 Å². The molecule has 1 aliphatic carbocycles. The van der Waals surface area contributed by atoms with Crippen LogP contribution in [0.2, 0.25) is 0 Å². The summed E-state index contributed by atoms with van der Waals surface area (Å²) in [7, 11) is 2.26. The number of nitrogens with one attached hydrogen (secondary N) is 1. The van der Waals surface area contributed by atoms with Gasteiger partial charge in [-0.3, -0.25) is 0 Å². The highest BCUT2D eigenvalue weighted by Crippen LogP contribution is 2.51. The topological polar surface area (TPSA) is 15.3 Å². The molecule has 0 saturated heterocycles. The van der Waals surface area contributed by atoms with Crippen LogP contribution in [-0.4, -0.2) is 31.6 Å².